The van der Waals surface area contributed by atoms with Crippen LogP contribution in [0.15, 0.2) is 36.6 Å². The lowest BCUT2D eigenvalue weighted by atomic mass is 10.1. The van der Waals surface area contributed by atoms with Crippen LogP contribution in [0.5, 0.6) is 0 Å². The lowest BCUT2D eigenvalue weighted by molar-refractivity contribution is 0.0523. The van der Waals surface area contributed by atoms with E-state index in [1.807, 2.05) is 51.1 Å². The summed E-state index contributed by atoms with van der Waals surface area (Å²) in [6, 6.07) is 7.98. The first-order valence-corrected chi connectivity index (χ1v) is 8.02. The molecule has 1 aromatic rings. The molecule has 1 aromatic carbocycles. The predicted octanol–water partition coefficient (Wildman–Crippen LogP) is 3.82. The van der Waals surface area contributed by atoms with Crippen molar-refractivity contribution in [1.82, 2.24) is 5.32 Å². The smallest absolute Gasteiger partial charge is 0.407 e. The zero-order chi connectivity index (χ0) is 16.7. The van der Waals surface area contributed by atoms with Crippen LogP contribution in [0.4, 0.5) is 10.5 Å². The van der Waals surface area contributed by atoms with E-state index in [-0.39, 0.29) is 6.10 Å². The second kappa shape index (κ2) is 7.90. The Bertz CT molecular complexity index is 549. The van der Waals surface area contributed by atoms with Crippen LogP contribution in [0.1, 0.15) is 39.2 Å². The van der Waals surface area contributed by atoms with Gasteiger partial charge in [-0.25, -0.2) is 4.79 Å². The van der Waals surface area contributed by atoms with E-state index in [1.165, 1.54) is 0 Å². The Balaban J connectivity index is 1.80. The van der Waals surface area contributed by atoms with Crippen molar-refractivity contribution in [2.75, 3.05) is 11.9 Å². The summed E-state index contributed by atoms with van der Waals surface area (Å²) in [4.78, 5) is 11.7. The molecule has 0 radical (unpaired) electrons. The SMILES string of the molecule is CC(C)(C)OC(=O)NCc1cccc(NCC2CCC=CO2)c1. The normalized spacial score (nSPS) is 17.3. The van der Waals surface area contributed by atoms with Crippen molar-refractivity contribution in [3.8, 4) is 0 Å². The van der Waals surface area contributed by atoms with Crippen LogP contribution >= 0.6 is 0 Å². The summed E-state index contributed by atoms with van der Waals surface area (Å²) < 4.78 is 10.8. The van der Waals surface area contributed by atoms with Crippen molar-refractivity contribution >= 4 is 11.8 Å². The molecule has 5 heteroatoms. The highest BCUT2D eigenvalue weighted by Gasteiger charge is 2.15. The van der Waals surface area contributed by atoms with Crippen molar-refractivity contribution in [1.29, 1.82) is 0 Å². The number of carbonyl (C=O) groups excluding carboxylic acids is 1. The van der Waals surface area contributed by atoms with Crippen molar-refractivity contribution in [2.45, 2.75) is 51.9 Å². The van der Waals surface area contributed by atoms with Crippen molar-refractivity contribution in [3.63, 3.8) is 0 Å². The predicted molar refractivity (Wildman–Crippen MR) is 91.3 cm³/mol. The first kappa shape index (κ1) is 17.2. The van der Waals surface area contributed by atoms with E-state index < -0.39 is 11.7 Å². The molecule has 126 valence electrons. The Labute approximate surface area is 138 Å². The lowest BCUT2D eigenvalue weighted by Gasteiger charge is -2.21. The van der Waals surface area contributed by atoms with Gasteiger partial charge in [-0.2, -0.15) is 0 Å². The molecule has 0 fully saturated rings. The van der Waals surface area contributed by atoms with Gasteiger partial charge in [-0.1, -0.05) is 12.1 Å². The fourth-order valence-corrected chi connectivity index (χ4v) is 2.25. The van der Waals surface area contributed by atoms with Crippen LogP contribution in [0.2, 0.25) is 0 Å². The van der Waals surface area contributed by atoms with E-state index in [0.717, 1.165) is 30.6 Å². The first-order valence-electron chi connectivity index (χ1n) is 8.02. The number of rotatable bonds is 5. The molecule has 5 nitrogen and oxygen atoms in total. The fourth-order valence-electron chi connectivity index (χ4n) is 2.25. The third-order valence-corrected chi connectivity index (χ3v) is 3.32. The third kappa shape index (κ3) is 6.63. The highest BCUT2D eigenvalue weighted by atomic mass is 16.6. The van der Waals surface area contributed by atoms with Gasteiger partial charge in [-0.15, -0.1) is 0 Å². The van der Waals surface area contributed by atoms with Crippen LogP contribution in [-0.2, 0) is 16.0 Å². The Morgan fingerprint density at radius 3 is 2.91 bits per heavy atom. The van der Waals surface area contributed by atoms with Crippen LogP contribution in [0.25, 0.3) is 0 Å². The van der Waals surface area contributed by atoms with Gasteiger partial charge in [0.15, 0.2) is 0 Å². The summed E-state index contributed by atoms with van der Waals surface area (Å²) in [6.45, 7) is 6.75. The second-order valence-electron chi connectivity index (χ2n) is 6.64. The maximum Gasteiger partial charge on any atom is 0.407 e. The number of anilines is 1. The highest BCUT2D eigenvalue weighted by molar-refractivity contribution is 5.67. The van der Waals surface area contributed by atoms with Crippen LogP contribution in [0, 0.1) is 0 Å². The number of hydrogen-bond donors (Lipinski definition) is 2. The molecule has 0 aromatic heterocycles. The molecular weight excluding hydrogens is 292 g/mol. The minimum absolute atomic E-state index is 0.212. The second-order valence-corrected chi connectivity index (χ2v) is 6.64. The average Bonchev–Trinajstić information content (AvgIpc) is 2.51. The minimum atomic E-state index is -0.484. The number of benzene rings is 1. The van der Waals surface area contributed by atoms with E-state index in [4.69, 9.17) is 9.47 Å². The quantitative estimate of drug-likeness (QED) is 0.866. The lowest BCUT2D eigenvalue weighted by Crippen LogP contribution is -2.32. The topological polar surface area (TPSA) is 59.6 Å². The maximum absolute atomic E-state index is 11.7. The molecule has 0 saturated heterocycles. The van der Waals surface area contributed by atoms with Gasteiger partial charge in [0.25, 0.3) is 0 Å². The third-order valence-electron chi connectivity index (χ3n) is 3.32. The van der Waals surface area contributed by atoms with Crippen molar-refractivity contribution < 1.29 is 14.3 Å². The van der Waals surface area contributed by atoms with Gasteiger partial charge < -0.3 is 20.1 Å². The standard InChI is InChI=1S/C18H26N2O3/c1-18(2,3)23-17(21)20-12-14-7-6-8-15(11-14)19-13-16-9-4-5-10-22-16/h5-8,10-11,16,19H,4,9,12-13H2,1-3H3,(H,20,21). The molecule has 1 atom stereocenters. The highest BCUT2D eigenvalue weighted by Crippen LogP contribution is 2.14. The van der Waals surface area contributed by atoms with Crippen molar-refractivity contribution in [3.05, 3.63) is 42.2 Å². The molecule has 0 saturated carbocycles. The molecular formula is C18H26N2O3. The molecule has 23 heavy (non-hydrogen) atoms. The van der Waals surface area contributed by atoms with Crippen LogP contribution in [-0.4, -0.2) is 24.3 Å². The maximum atomic E-state index is 11.7. The number of amides is 1. The molecule has 2 rings (SSSR count). The molecule has 1 aliphatic rings. The summed E-state index contributed by atoms with van der Waals surface area (Å²) in [5.74, 6) is 0. The zero-order valence-corrected chi connectivity index (χ0v) is 14.1. The fraction of sp³-hybridized carbons (Fsp3) is 0.500. The van der Waals surface area contributed by atoms with Gasteiger partial charge in [0.2, 0.25) is 0 Å². The molecule has 1 heterocycles. The van der Waals surface area contributed by atoms with Gasteiger partial charge >= 0.3 is 6.09 Å². The van der Waals surface area contributed by atoms with Crippen LogP contribution < -0.4 is 10.6 Å². The molecule has 0 spiro atoms. The number of nitrogens with one attached hydrogen (secondary N) is 2. The molecule has 2 N–H and O–H groups in total. The molecule has 0 aliphatic carbocycles. The minimum Gasteiger partial charge on any atom is -0.497 e. The zero-order valence-electron chi connectivity index (χ0n) is 14.1. The van der Waals surface area contributed by atoms with Gasteiger partial charge in [-0.05, 0) is 57.4 Å². The number of carbonyl (C=O) groups is 1. The van der Waals surface area contributed by atoms with E-state index in [0.29, 0.717) is 6.54 Å². The number of ether oxygens (including phenoxy) is 2. The summed E-state index contributed by atoms with van der Waals surface area (Å²) in [6.07, 6.45) is 5.72. The van der Waals surface area contributed by atoms with Crippen molar-refractivity contribution in [2.24, 2.45) is 0 Å². The van der Waals surface area contributed by atoms with Crippen LogP contribution in [0.3, 0.4) is 0 Å². The van der Waals surface area contributed by atoms with E-state index in [1.54, 1.807) is 6.26 Å². The number of hydrogen-bond acceptors (Lipinski definition) is 4. The Morgan fingerprint density at radius 1 is 1.39 bits per heavy atom. The average molecular weight is 318 g/mol. The Hall–Kier alpha value is -2.17. The van der Waals surface area contributed by atoms with E-state index >= 15 is 0 Å². The number of alkyl carbamates (subject to hydrolysis) is 1. The summed E-state index contributed by atoms with van der Waals surface area (Å²) in [7, 11) is 0. The largest absolute Gasteiger partial charge is 0.497 e. The van der Waals surface area contributed by atoms with Gasteiger partial charge in [0, 0.05) is 12.2 Å². The molecule has 1 amide bonds. The van der Waals surface area contributed by atoms with E-state index in [2.05, 4.69) is 10.6 Å². The number of allylic oxidation sites excluding steroid dienone is 1. The first-order chi connectivity index (χ1) is 10.9. The van der Waals surface area contributed by atoms with E-state index in [9.17, 15) is 4.79 Å². The molecule has 0 bridgehead atoms. The monoisotopic (exact) mass is 318 g/mol. The van der Waals surface area contributed by atoms with Gasteiger partial charge in [0.1, 0.15) is 11.7 Å². The Morgan fingerprint density at radius 2 is 2.22 bits per heavy atom. The summed E-state index contributed by atoms with van der Waals surface area (Å²) >= 11 is 0. The van der Waals surface area contributed by atoms with Gasteiger partial charge in [-0.3, -0.25) is 0 Å². The molecule has 1 aliphatic heterocycles. The van der Waals surface area contributed by atoms with Gasteiger partial charge in [0.05, 0.1) is 12.8 Å². The molecule has 1 unspecified atom stereocenters. The Kier molecular flexibility index (Phi) is 5.90. The summed E-state index contributed by atoms with van der Waals surface area (Å²) in [5, 5.41) is 6.14. The summed E-state index contributed by atoms with van der Waals surface area (Å²) in [5.41, 5.74) is 1.55.